The van der Waals surface area contributed by atoms with Crippen molar-refractivity contribution >= 4 is 6.21 Å². The van der Waals surface area contributed by atoms with Crippen molar-refractivity contribution < 1.29 is 9.50 Å². The number of halogens is 1. The van der Waals surface area contributed by atoms with E-state index in [4.69, 9.17) is 0 Å². The molecule has 1 aliphatic carbocycles. The summed E-state index contributed by atoms with van der Waals surface area (Å²) < 4.78 is 14.3. The maximum absolute atomic E-state index is 14.3. The molecule has 0 spiro atoms. The van der Waals surface area contributed by atoms with E-state index in [1.54, 1.807) is 26.0 Å². The molecular weight excluding hydrogens is 303 g/mol. The fourth-order valence-corrected chi connectivity index (χ4v) is 2.57. The zero-order chi connectivity index (χ0) is 17.6. The summed E-state index contributed by atoms with van der Waals surface area (Å²) >= 11 is 0. The first-order valence-electron chi connectivity index (χ1n) is 8.66. The highest BCUT2D eigenvalue weighted by molar-refractivity contribution is 5.79. The molecule has 0 radical (unpaired) electrons. The minimum atomic E-state index is -1.19. The van der Waals surface area contributed by atoms with Crippen molar-refractivity contribution in [2.45, 2.75) is 64.4 Å². The van der Waals surface area contributed by atoms with Gasteiger partial charge in [0.2, 0.25) is 0 Å². The van der Waals surface area contributed by atoms with E-state index in [1.165, 1.54) is 18.4 Å². The van der Waals surface area contributed by atoms with Gasteiger partial charge in [0.25, 0.3) is 0 Å². The quantitative estimate of drug-likeness (QED) is 0.597. The highest BCUT2D eigenvalue weighted by atomic mass is 19.1. The van der Waals surface area contributed by atoms with E-state index in [2.05, 4.69) is 29.1 Å². The van der Waals surface area contributed by atoms with E-state index < -0.39 is 17.7 Å². The average Bonchev–Trinajstić information content (AvgIpc) is 2.54. The van der Waals surface area contributed by atoms with Gasteiger partial charge >= 0.3 is 0 Å². The monoisotopic (exact) mass is 330 g/mol. The number of aliphatic hydroxyl groups is 1. The minimum absolute atomic E-state index is 0.238. The highest BCUT2D eigenvalue weighted by Crippen LogP contribution is 2.23. The van der Waals surface area contributed by atoms with E-state index in [0.717, 1.165) is 18.4 Å². The third-order valence-corrected chi connectivity index (χ3v) is 3.94. The molecule has 0 aromatic heterocycles. The van der Waals surface area contributed by atoms with Crippen molar-refractivity contribution in [1.82, 2.24) is 5.32 Å². The second kappa shape index (κ2) is 8.30. The van der Waals surface area contributed by atoms with Crippen molar-refractivity contribution in [3.8, 4) is 11.8 Å². The van der Waals surface area contributed by atoms with Gasteiger partial charge in [-0.2, -0.15) is 0 Å². The van der Waals surface area contributed by atoms with E-state index in [-0.39, 0.29) is 6.17 Å². The topological polar surface area (TPSA) is 44.6 Å². The van der Waals surface area contributed by atoms with Crippen molar-refractivity contribution in [1.29, 1.82) is 0 Å². The second-order valence-electron chi connectivity index (χ2n) is 6.85. The smallest absolute Gasteiger partial charge is 0.144 e. The standard InChI is InChI=1S/C20H27FN2O/c1-4-5-6-7-15-13-22-19(23-14-15)17-9-8-16(18(21)12-17)10-11-20(2,3)24/h8-9,12-14,16,18-19,22,24H,4-7H2,1-3H3/t16?,18-,19-/m1/s1. The predicted octanol–water partition coefficient (Wildman–Crippen LogP) is 3.68. The van der Waals surface area contributed by atoms with Crippen LogP contribution in [0.25, 0.3) is 0 Å². The molecule has 0 bridgehead atoms. The first-order chi connectivity index (χ1) is 11.4. The molecule has 1 unspecified atom stereocenters. The van der Waals surface area contributed by atoms with Gasteiger partial charge in [0, 0.05) is 12.4 Å². The fourth-order valence-electron chi connectivity index (χ4n) is 2.57. The highest BCUT2D eigenvalue weighted by Gasteiger charge is 2.23. The van der Waals surface area contributed by atoms with Crippen LogP contribution in [0.15, 0.2) is 40.6 Å². The lowest BCUT2D eigenvalue weighted by molar-refractivity contribution is 0.143. The van der Waals surface area contributed by atoms with Crippen LogP contribution < -0.4 is 5.32 Å². The van der Waals surface area contributed by atoms with Crippen LogP contribution >= 0.6 is 0 Å². The Balaban J connectivity index is 1.93. The molecule has 0 saturated heterocycles. The Labute approximate surface area is 144 Å². The van der Waals surface area contributed by atoms with Crippen LogP contribution in [-0.2, 0) is 0 Å². The summed E-state index contributed by atoms with van der Waals surface area (Å²) in [5.41, 5.74) is 0.890. The van der Waals surface area contributed by atoms with E-state index in [0.29, 0.717) is 0 Å². The fraction of sp³-hybridized carbons (Fsp3) is 0.550. The van der Waals surface area contributed by atoms with Crippen LogP contribution in [0, 0.1) is 17.8 Å². The van der Waals surface area contributed by atoms with Crippen LogP contribution in [0.4, 0.5) is 4.39 Å². The van der Waals surface area contributed by atoms with Crippen LogP contribution in [-0.4, -0.2) is 29.3 Å². The molecule has 2 aliphatic rings. The van der Waals surface area contributed by atoms with Crippen LogP contribution in [0.1, 0.15) is 46.5 Å². The van der Waals surface area contributed by atoms with Crippen molar-refractivity contribution in [3.05, 3.63) is 35.6 Å². The number of hydrogen-bond donors (Lipinski definition) is 2. The number of aliphatic imine (C=N–C) groups is 1. The molecule has 2 N–H and O–H groups in total. The maximum atomic E-state index is 14.3. The third-order valence-electron chi connectivity index (χ3n) is 3.94. The number of rotatable bonds is 5. The van der Waals surface area contributed by atoms with Crippen molar-refractivity contribution in [2.75, 3.05) is 0 Å². The van der Waals surface area contributed by atoms with E-state index in [9.17, 15) is 9.50 Å². The number of nitrogens with zero attached hydrogens (tertiary/aromatic N) is 1. The van der Waals surface area contributed by atoms with E-state index >= 15 is 0 Å². The van der Waals surface area contributed by atoms with Gasteiger partial charge in [0.15, 0.2) is 0 Å². The Bertz CT molecular complexity index is 614. The number of allylic oxidation sites excluding steroid dienone is 3. The molecule has 0 fully saturated rings. The Kier molecular flexibility index (Phi) is 6.39. The third kappa shape index (κ3) is 5.65. The summed E-state index contributed by atoms with van der Waals surface area (Å²) in [5.74, 6) is 4.95. The molecule has 1 heterocycles. The van der Waals surface area contributed by atoms with Gasteiger partial charge in [-0.1, -0.05) is 43.8 Å². The zero-order valence-electron chi connectivity index (χ0n) is 14.7. The molecule has 2 rings (SSSR count). The lowest BCUT2D eigenvalue weighted by Crippen LogP contribution is -2.30. The van der Waals surface area contributed by atoms with Gasteiger partial charge in [-0.25, -0.2) is 4.39 Å². The molecule has 0 aromatic carbocycles. The van der Waals surface area contributed by atoms with Gasteiger partial charge in [0.05, 0.1) is 5.92 Å². The molecule has 1 aliphatic heterocycles. The largest absolute Gasteiger partial charge is 0.378 e. The van der Waals surface area contributed by atoms with Crippen molar-refractivity contribution in [3.63, 3.8) is 0 Å². The first-order valence-corrected chi connectivity index (χ1v) is 8.66. The lowest BCUT2D eigenvalue weighted by Gasteiger charge is -2.23. The summed E-state index contributed by atoms with van der Waals surface area (Å²) in [7, 11) is 0. The van der Waals surface area contributed by atoms with Gasteiger partial charge in [-0.3, -0.25) is 4.99 Å². The Morgan fingerprint density at radius 2 is 2.17 bits per heavy atom. The van der Waals surface area contributed by atoms with Gasteiger partial charge in [-0.15, -0.1) is 0 Å². The molecule has 0 saturated carbocycles. The number of unbranched alkanes of at least 4 members (excludes halogenated alkanes) is 2. The molecule has 130 valence electrons. The van der Waals surface area contributed by atoms with Crippen LogP contribution in [0.2, 0.25) is 0 Å². The molecule has 3 nitrogen and oxygen atoms in total. The molecule has 0 aromatic rings. The number of hydrogen-bond acceptors (Lipinski definition) is 3. The molecule has 3 atom stereocenters. The Morgan fingerprint density at radius 1 is 1.38 bits per heavy atom. The summed E-state index contributed by atoms with van der Waals surface area (Å²) in [4.78, 5) is 4.49. The van der Waals surface area contributed by atoms with Crippen molar-refractivity contribution in [2.24, 2.45) is 10.9 Å². The maximum Gasteiger partial charge on any atom is 0.144 e. The summed E-state index contributed by atoms with van der Waals surface area (Å²) in [5, 5.41) is 12.9. The van der Waals surface area contributed by atoms with Crippen LogP contribution in [0.3, 0.4) is 0 Å². The minimum Gasteiger partial charge on any atom is -0.378 e. The summed E-state index contributed by atoms with van der Waals surface area (Å²) in [6.07, 6.45) is 12.2. The SMILES string of the molecule is CCCCCC1=CN[C@@H](C2=C[C@@H](F)C(C#CC(C)(C)O)C=C2)N=C1. The summed E-state index contributed by atoms with van der Waals surface area (Å²) in [6, 6.07) is 0. The van der Waals surface area contributed by atoms with E-state index in [1.807, 2.05) is 18.5 Å². The average molecular weight is 330 g/mol. The first kappa shape index (κ1) is 18.5. The van der Waals surface area contributed by atoms with Gasteiger partial charge < -0.3 is 10.4 Å². The molecule has 0 amide bonds. The number of alkyl halides is 1. The molecule has 4 heteroatoms. The normalized spacial score (nSPS) is 26.1. The molecule has 24 heavy (non-hydrogen) atoms. The summed E-state index contributed by atoms with van der Waals surface area (Å²) in [6.45, 7) is 5.37. The zero-order valence-corrected chi connectivity index (χ0v) is 14.7. The Morgan fingerprint density at radius 3 is 2.75 bits per heavy atom. The second-order valence-corrected chi connectivity index (χ2v) is 6.85. The lowest BCUT2D eigenvalue weighted by atomic mass is 9.93. The van der Waals surface area contributed by atoms with Crippen LogP contribution in [0.5, 0.6) is 0 Å². The van der Waals surface area contributed by atoms with Gasteiger partial charge in [0.1, 0.15) is 17.9 Å². The van der Waals surface area contributed by atoms with Gasteiger partial charge in [-0.05, 0) is 43.9 Å². The predicted molar refractivity (Wildman–Crippen MR) is 97.3 cm³/mol. The Hall–Kier alpha value is -1.86. The number of nitrogens with one attached hydrogen (secondary N) is 1. The molecular formula is C20H27FN2O.